The van der Waals surface area contributed by atoms with E-state index in [0.29, 0.717) is 31.5 Å². The molecule has 0 aromatic carbocycles. The van der Waals surface area contributed by atoms with Gasteiger partial charge < -0.3 is 9.47 Å². The molecule has 4 heteroatoms. The number of hydrogen-bond donors (Lipinski definition) is 0. The van der Waals surface area contributed by atoms with Gasteiger partial charge in [0.25, 0.3) is 0 Å². The minimum atomic E-state index is -0.372. The average Bonchev–Trinajstić information content (AvgIpc) is 2.32. The van der Waals surface area contributed by atoms with Crippen molar-refractivity contribution in [3.63, 3.8) is 0 Å². The van der Waals surface area contributed by atoms with Crippen molar-refractivity contribution in [3.8, 4) is 0 Å². The van der Waals surface area contributed by atoms with Crippen molar-refractivity contribution in [1.29, 1.82) is 0 Å². The fraction of sp³-hybridized carbons (Fsp3) is 0.867. The van der Waals surface area contributed by atoms with Gasteiger partial charge in [0.05, 0.1) is 25.6 Å². The van der Waals surface area contributed by atoms with E-state index in [1.54, 1.807) is 0 Å². The molecule has 0 aliphatic carbocycles. The van der Waals surface area contributed by atoms with Crippen molar-refractivity contribution < 1.29 is 19.1 Å². The minimum absolute atomic E-state index is 0.123. The highest BCUT2D eigenvalue weighted by Crippen LogP contribution is 2.15. The lowest BCUT2D eigenvalue weighted by Crippen LogP contribution is -2.24. The second-order valence-electron chi connectivity index (χ2n) is 5.79. The molecule has 1 unspecified atom stereocenters. The molecule has 0 saturated heterocycles. The van der Waals surface area contributed by atoms with E-state index in [1.165, 1.54) is 0 Å². The maximum Gasteiger partial charge on any atom is 0.309 e. The van der Waals surface area contributed by atoms with E-state index in [1.807, 2.05) is 34.6 Å². The summed E-state index contributed by atoms with van der Waals surface area (Å²) in [6.07, 6.45) is 1.63. The Labute approximate surface area is 116 Å². The molecule has 19 heavy (non-hydrogen) atoms. The monoisotopic (exact) mass is 272 g/mol. The van der Waals surface area contributed by atoms with E-state index in [-0.39, 0.29) is 24.3 Å². The molecule has 0 radical (unpaired) electrons. The van der Waals surface area contributed by atoms with Crippen LogP contribution in [0, 0.1) is 17.8 Å². The molecular formula is C15H28O4. The first-order valence-corrected chi connectivity index (χ1v) is 7.19. The number of ether oxygens (including phenoxy) is 2. The minimum Gasteiger partial charge on any atom is -0.465 e. The van der Waals surface area contributed by atoms with Crippen LogP contribution in [-0.4, -0.2) is 25.2 Å². The van der Waals surface area contributed by atoms with Crippen LogP contribution in [0.3, 0.4) is 0 Å². The SMILES string of the molecule is CCCC(CC(=O)OCC(C)C)C(=O)OCC(C)C. The van der Waals surface area contributed by atoms with Gasteiger partial charge in [-0.2, -0.15) is 0 Å². The van der Waals surface area contributed by atoms with Crippen LogP contribution >= 0.6 is 0 Å². The van der Waals surface area contributed by atoms with Gasteiger partial charge in [-0.25, -0.2) is 0 Å². The quantitative estimate of drug-likeness (QED) is 0.605. The lowest BCUT2D eigenvalue weighted by molar-refractivity contribution is -0.156. The van der Waals surface area contributed by atoms with Gasteiger partial charge in [-0.3, -0.25) is 9.59 Å². The molecule has 0 rings (SSSR count). The summed E-state index contributed by atoms with van der Waals surface area (Å²) in [6.45, 7) is 10.7. The summed E-state index contributed by atoms with van der Waals surface area (Å²) in [5, 5.41) is 0. The molecule has 0 heterocycles. The molecule has 0 amide bonds. The topological polar surface area (TPSA) is 52.6 Å². The maximum absolute atomic E-state index is 11.9. The second kappa shape index (κ2) is 9.82. The highest BCUT2D eigenvalue weighted by Gasteiger charge is 2.23. The van der Waals surface area contributed by atoms with Gasteiger partial charge in [0.1, 0.15) is 0 Å². The molecule has 0 N–H and O–H groups in total. The predicted octanol–water partition coefficient (Wildman–Crippen LogP) is 3.19. The van der Waals surface area contributed by atoms with Crippen LogP contribution in [0.1, 0.15) is 53.9 Å². The molecule has 0 spiro atoms. The molecule has 4 nitrogen and oxygen atoms in total. The van der Waals surface area contributed by atoms with Gasteiger partial charge in [0, 0.05) is 0 Å². The summed E-state index contributed by atoms with van der Waals surface area (Å²) in [6, 6.07) is 0. The zero-order valence-corrected chi connectivity index (χ0v) is 12.9. The molecule has 0 aromatic rings. The third-order valence-electron chi connectivity index (χ3n) is 2.52. The Hall–Kier alpha value is -1.06. The molecule has 0 bridgehead atoms. The lowest BCUT2D eigenvalue weighted by atomic mass is 10.00. The van der Waals surface area contributed by atoms with Crippen molar-refractivity contribution in [2.75, 3.05) is 13.2 Å². The molecule has 0 saturated carbocycles. The molecular weight excluding hydrogens is 244 g/mol. The first-order chi connectivity index (χ1) is 8.86. The lowest BCUT2D eigenvalue weighted by Gasteiger charge is -2.16. The van der Waals surface area contributed by atoms with Crippen LogP contribution in [0.15, 0.2) is 0 Å². The molecule has 1 atom stereocenters. The first-order valence-electron chi connectivity index (χ1n) is 7.19. The predicted molar refractivity (Wildman–Crippen MR) is 74.6 cm³/mol. The van der Waals surface area contributed by atoms with Crippen molar-refractivity contribution in [2.24, 2.45) is 17.8 Å². The average molecular weight is 272 g/mol. The molecule has 0 fully saturated rings. The Kier molecular flexibility index (Phi) is 9.27. The van der Waals surface area contributed by atoms with Crippen LogP contribution in [0.2, 0.25) is 0 Å². The van der Waals surface area contributed by atoms with E-state index in [2.05, 4.69) is 0 Å². The standard InChI is InChI=1S/C15H28O4/c1-6-7-13(15(17)19-10-12(4)5)8-14(16)18-9-11(2)3/h11-13H,6-10H2,1-5H3. The number of esters is 2. The Morgan fingerprint density at radius 2 is 1.47 bits per heavy atom. The van der Waals surface area contributed by atoms with Gasteiger partial charge in [-0.1, -0.05) is 41.0 Å². The van der Waals surface area contributed by atoms with Gasteiger partial charge in [0.15, 0.2) is 0 Å². The molecule has 0 aliphatic heterocycles. The van der Waals surface area contributed by atoms with Crippen LogP contribution in [-0.2, 0) is 19.1 Å². The summed E-state index contributed by atoms with van der Waals surface area (Å²) in [5.74, 6) is -0.352. The van der Waals surface area contributed by atoms with Crippen molar-refractivity contribution in [3.05, 3.63) is 0 Å². The number of carbonyl (C=O) groups excluding carboxylic acids is 2. The number of hydrogen-bond acceptors (Lipinski definition) is 4. The van der Waals surface area contributed by atoms with Gasteiger partial charge in [-0.05, 0) is 18.3 Å². The van der Waals surface area contributed by atoms with E-state index >= 15 is 0 Å². The van der Waals surface area contributed by atoms with Crippen LogP contribution in [0.5, 0.6) is 0 Å². The Morgan fingerprint density at radius 1 is 0.947 bits per heavy atom. The number of carbonyl (C=O) groups is 2. The molecule has 0 aliphatic rings. The highest BCUT2D eigenvalue weighted by atomic mass is 16.5. The van der Waals surface area contributed by atoms with Crippen LogP contribution in [0.4, 0.5) is 0 Å². The summed E-state index contributed by atoms with van der Waals surface area (Å²) in [4.78, 5) is 23.5. The van der Waals surface area contributed by atoms with E-state index < -0.39 is 0 Å². The fourth-order valence-electron chi connectivity index (χ4n) is 1.54. The Balaban J connectivity index is 4.23. The Morgan fingerprint density at radius 3 is 1.95 bits per heavy atom. The summed E-state index contributed by atoms with van der Waals surface area (Å²) < 4.78 is 10.3. The van der Waals surface area contributed by atoms with Gasteiger partial charge in [-0.15, -0.1) is 0 Å². The summed E-state index contributed by atoms with van der Waals surface area (Å²) in [5.41, 5.74) is 0. The van der Waals surface area contributed by atoms with E-state index in [0.717, 1.165) is 6.42 Å². The largest absolute Gasteiger partial charge is 0.465 e. The van der Waals surface area contributed by atoms with Crippen LogP contribution in [0.25, 0.3) is 0 Å². The smallest absolute Gasteiger partial charge is 0.309 e. The van der Waals surface area contributed by atoms with Gasteiger partial charge in [0.2, 0.25) is 0 Å². The summed E-state index contributed by atoms with van der Waals surface area (Å²) in [7, 11) is 0. The molecule has 112 valence electrons. The zero-order chi connectivity index (χ0) is 14.8. The van der Waals surface area contributed by atoms with Crippen molar-refractivity contribution in [1.82, 2.24) is 0 Å². The van der Waals surface area contributed by atoms with E-state index in [9.17, 15) is 9.59 Å². The number of rotatable bonds is 9. The fourth-order valence-corrected chi connectivity index (χ4v) is 1.54. The normalized spacial score (nSPS) is 12.6. The van der Waals surface area contributed by atoms with Crippen molar-refractivity contribution in [2.45, 2.75) is 53.9 Å². The third-order valence-corrected chi connectivity index (χ3v) is 2.52. The first kappa shape index (κ1) is 17.9. The maximum atomic E-state index is 11.9. The van der Waals surface area contributed by atoms with Crippen LogP contribution < -0.4 is 0 Å². The molecule has 0 aromatic heterocycles. The highest BCUT2D eigenvalue weighted by molar-refractivity contribution is 5.79. The second-order valence-corrected chi connectivity index (χ2v) is 5.79. The zero-order valence-electron chi connectivity index (χ0n) is 12.9. The van der Waals surface area contributed by atoms with Crippen molar-refractivity contribution >= 4 is 11.9 Å². The Bertz CT molecular complexity index is 271. The van der Waals surface area contributed by atoms with Gasteiger partial charge >= 0.3 is 11.9 Å². The summed E-state index contributed by atoms with van der Waals surface area (Å²) >= 11 is 0. The third kappa shape index (κ3) is 9.51. The van der Waals surface area contributed by atoms with E-state index in [4.69, 9.17) is 9.47 Å².